The van der Waals surface area contributed by atoms with Gasteiger partial charge in [-0.1, -0.05) is 26.0 Å². The van der Waals surface area contributed by atoms with E-state index in [1.54, 1.807) is 16.4 Å². The van der Waals surface area contributed by atoms with Crippen LogP contribution in [-0.2, 0) is 10.0 Å². The second kappa shape index (κ2) is 7.92. The van der Waals surface area contributed by atoms with Gasteiger partial charge in [-0.2, -0.15) is 4.31 Å². The van der Waals surface area contributed by atoms with Gasteiger partial charge in [0.15, 0.2) is 0 Å². The highest BCUT2D eigenvalue weighted by Gasteiger charge is 2.26. The van der Waals surface area contributed by atoms with Gasteiger partial charge >= 0.3 is 0 Å². The first kappa shape index (κ1) is 18.1. The molecule has 1 N–H and O–H groups in total. The van der Waals surface area contributed by atoms with E-state index >= 15 is 0 Å². The first-order chi connectivity index (χ1) is 9.84. The number of rotatable bonds is 8. The lowest BCUT2D eigenvalue weighted by Crippen LogP contribution is -2.37. The highest BCUT2D eigenvalue weighted by molar-refractivity contribution is 7.89. The number of hydrogen-bond acceptors (Lipinski definition) is 3. The maximum Gasteiger partial charge on any atom is 0.243 e. The van der Waals surface area contributed by atoms with E-state index in [1.807, 2.05) is 46.8 Å². The van der Waals surface area contributed by atoms with Crippen LogP contribution in [0.5, 0.6) is 0 Å². The molecule has 0 amide bonds. The maximum atomic E-state index is 12.8. The molecule has 0 aliphatic carbocycles. The van der Waals surface area contributed by atoms with Gasteiger partial charge < -0.3 is 5.32 Å². The minimum Gasteiger partial charge on any atom is -0.310 e. The van der Waals surface area contributed by atoms with E-state index in [1.165, 1.54) is 0 Å². The van der Waals surface area contributed by atoms with E-state index in [4.69, 9.17) is 0 Å². The van der Waals surface area contributed by atoms with Crippen LogP contribution >= 0.6 is 0 Å². The molecule has 1 aromatic carbocycles. The Morgan fingerprint density at radius 2 is 1.86 bits per heavy atom. The fourth-order valence-corrected chi connectivity index (χ4v) is 4.16. The molecule has 0 radical (unpaired) electrons. The van der Waals surface area contributed by atoms with Crippen LogP contribution in [0.1, 0.15) is 52.6 Å². The van der Waals surface area contributed by atoms with Crippen molar-refractivity contribution in [3.8, 4) is 0 Å². The van der Waals surface area contributed by atoms with Gasteiger partial charge in [-0.3, -0.25) is 0 Å². The van der Waals surface area contributed by atoms with Crippen LogP contribution in [0.2, 0.25) is 0 Å². The van der Waals surface area contributed by atoms with Crippen molar-refractivity contribution < 1.29 is 8.42 Å². The van der Waals surface area contributed by atoms with E-state index in [0.29, 0.717) is 11.4 Å². The van der Waals surface area contributed by atoms with Crippen molar-refractivity contribution in [1.29, 1.82) is 0 Å². The molecule has 5 heteroatoms. The molecule has 0 saturated heterocycles. The average molecular weight is 312 g/mol. The molecule has 0 heterocycles. The average Bonchev–Trinajstić information content (AvgIpc) is 2.44. The summed E-state index contributed by atoms with van der Waals surface area (Å²) in [7, 11) is -3.43. The van der Waals surface area contributed by atoms with Gasteiger partial charge in [-0.25, -0.2) is 8.42 Å². The van der Waals surface area contributed by atoms with Gasteiger partial charge in [-0.05, 0) is 51.4 Å². The first-order valence-corrected chi connectivity index (χ1v) is 9.13. The van der Waals surface area contributed by atoms with Crippen molar-refractivity contribution in [2.24, 2.45) is 0 Å². The third-order valence-electron chi connectivity index (χ3n) is 3.49. The summed E-state index contributed by atoms with van der Waals surface area (Å²) in [4.78, 5) is 0.381. The molecule has 0 spiro atoms. The van der Waals surface area contributed by atoms with Crippen molar-refractivity contribution in [1.82, 2.24) is 9.62 Å². The molecule has 0 aliphatic rings. The summed E-state index contributed by atoms with van der Waals surface area (Å²) in [5.74, 6) is 0. The van der Waals surface area contributed by atoms with Crippen LogP contribution in [-0.4, -0.2) is 31.9 Å². The number of sulfonamides is 1. The molecule has 120 valence electrons. The third-order valence-corrected chi connectivity index (χ3v) is 5.57. The van der Waals surface area contributed by atoms with Crippen LogP contribution in [0.4, 0.5) is 0 Å². The number of hydrogen-bond donors (Lipinski definition) is 1. The topological polar surface area (TPSA) is 49.4 Å². The molecule has 1 atom stereocenters. The summed E-state index contributed by atoms with van der Waals surface area (Å²) in [6.45, 7) is 11.3. The zero-order valence-electron chi connectivity index (χ0n) is 13.8. The Bertz CT molecular complexity index is 541. The predicted molar refractivity (Wildman–Crippen MR) is 87.9 cm³/mol. The van der Waals surface area contributed by atoms with Crippen molar-refractivity contribution in [2.45, 2.75) is 58.0 Å². The standard InChI is InChI=1S/C16H28N2O2S/c1-6-11-18(13(3)4)21(19,20)16-10-8-9-15(12-16)14(5)17-7-2/h8-10,12-14,17H,6-7,11H2,1-5H3. The van der Waals surface area contributed by atoms with Crippen LogP contribution in [0.3, 0.4) is 0 Å². The molecule has 1 aromatic rings. The Morgan fingerprint density at radius 3 is 2.38 bits per heavy atom. The van der Waals surface area contributed by atoms with E-state index in [0.717, 1.165) is 18.5 Å². The fraction of sp³-hybridized carbons (Fsp3) is 0.625. The Hall–Kier alpha value is -0.910. The Kier molecular flexibility index (Phi) is 6.84. The highest BCUT2D eigenvalue weighted by Crippen LogP contribution is 2.22. The summed E-state index contributed by atoms with van der Waals surface area (Å²) in [6, 6.07) is 7.36. The second-order valence-corrected chi connectivity index (χ2v) is 7.45. The lowest BCUT2D eigenvalue weighted by molar-refractivity contribution is 0.354. The SMILES string of the molecule is CCCN(C(C)C)S(=O)(=O)c1cccc(C(C)NCC)c1. The molecule has 0 saturated carbocycles. The lowest BCUT2D eigenvalue weighted by atomic mass is 10.1. The van der Waals surface area contributed by atoms with Crippen LogP contribution in [0.15, 0.2) is 29.2 Å². The molecule has 4 nitrogen and oxygen atoms in total. The van der Waals surface area contributed by atoms with E-state index in [2.05, 4.69) is 5.32 Å². The van der Waals surface area contributed by atoms with Crippen molar-refractivity contribution in [3.63, 3.8) is 0 Å². The maximum absolute atomic E-state index is 12.8. The van der Waals surface area contributed by atoms with Crippen LogP contribution in [0.25, 0.3) is 0 Å². The van der Waals surface area contributed by atoms with E-state index in [9.17, 15) is 8.42 Å². The highest BCUT2D eigenvalue weighted by atomic mass is 32.2. The van der Waals surface area contributed by atoms with Gasteiger partial charge in [0.1, 0.15) is 0 Å². The molecule has 0 bridgehead atoms. The van der Waals surface area contributed by atoms with Crippen molar-refractivity contribution in [2.75, 3.05) is 13.1 Å². The Labute approximate surface area is 129 Å². The largest absolute Gasteiger partial charge is 0.310 e. The molecule has 0 fully saturated rings. The molecular formula is C16H28N2O2S. The quantitative estimate of drug-likeness (QED) is 0.802. The fourth-order valence-electron chi connectivity index (χ4n) is 2.38. The molecule has 0 aromatic heterocycles. The van der Waals surface area contributed by atoms with Crippen LogP contribution in [0, 0.1) is 0 Å². The summed E-state index contributed by atoms with van der Waals surface area (Å²) >= 11 is 0. The van der Waals surface area contributed by atoms with Gasteiger partial charge in [0, 0.05) is 18.6 Å². The van der Waals surface area contributed by atoms with Crippen molar-refractivity contribution in [3.05, 3.63) is 29.8 Å². The van der Waals surface area contributed by atoms with Crippen LogP contribution < -0.4 is 5.32 Å². The normalized spacial score (nSPS) is 13.9. The van der Waals surface area contributed by atoms with Gasteiger partial charge in [-0.15, -0.1) is 0 Å². The predicted octanol–water partition coefficient (Wildman–Crippen LogP) is 3.17. The van der Waals surface area contributed by atoms with E-state index < -0.39 is 10.0 Å². The summed E-state index contributed by atoms with van der Waals surface area (Å²) in [5, 5.41) is 3.31. The smallest absolute Gasteiger partial charge is 0.243 e. The minimum absolute atomic E-state index is 0.0372. The zero-order chi connectivity index (χ0) is 16.0. The van der Waals surface area contributed by atoms with Crippen molar-refractivity contribution >= 4 is 10.0 Å². The monoisotopic (exact) mass is 312 g/mol. The molecular weight excluding hydrogens is 284 g/mol. The Balaban J connectivity index is 3.16. The number of nitrogens with one attached hydrogen (secondary N) is 1. The molecule has 21 heavy (non-hydrogen) atoms. The first-order valence-electron chi connectivity index (χ1n) is 7.69. The summed E-state index contributed by atoms with van der Waals surface area (Å²) in [6.07, 6.45) is 0.810. The number of nitrogens with zero attached hydrogens (tertiary/aromatic N) is 1. The number of benzene rings is 1. The molecule has 1 rings (SSSR count). The van der Waals surface area contributed by atoms with E-state index in [-0.39, 0.29) is 12.1 Å². The Morgan fingerprint density at radius 1 is 1.19 bits per heavy atom. The van der Waals surface area contributed by atoms with Gasteiger partial charge in [0.2, 0.25) is 10.0 Å². The minimum atomic E-state index is -3.43. The third kappa shape index (κ3) is 4.53. The second-order valence-electron chi connectivity index (χ2n) is 5.56. The summed E-state index contributed by atoms with van der Waals surface area (Å²) < 4.78 is 27.2. The molecule has 1 unspecified atom stereocenters. The zero-order valence-corrected chi connectivity index (χ0v) is 14.6. The molecule has 0 aliphatic heterocycles. The van der Waals surface area contributed by atoms with Gasteiger partial charge in [0.25, 0.3) is 0 Å². The lowest BCUT2D eigenvalue weighted by Gasteiger charge is -2.26. The van der Waals surface area contributed by atoms with Gasteiger partial charge in [0.05, 0.1) is 4.90 Å². The summed E-state index contributed by atoms with van der Waals surface area (Å²) in [5.41, 5.74) is 0.998.